The molecule has 3 aromatic rings. The van der Waals surface area contributed by atoms with E-state index in [0.717, 1.165) is 35.6 Å². The van der Waals surface area contributed by atoms with Gasteiger partial charge >= 0.3 is 0 Å². The summed E-state index contributed by atoms with van der Waals surface area (Å²) in [7, 11) is 0. The third-order valence-corrected chi connectivity index (χ3v) is 7.72. The van der Waals surface area contributed by atoms with Gasteiger partial charge < -0.3 is 10.2 Å². The fourth-order valence-corrected chi connectivity index (χ4v) is 5.55. The van der Waals surface area contributed by atoms with Crippen molar-refractivity contribution in [1.82, 2.24) is 20.1 Å². The van der Waals surface area contributed by atoms with Crippen LogP contribution in [0.3, 0.4) is 0 Å². The molecule has 1 aromatic heterocycles. The van der Waals surface area contributed by atoms with Crippen LogP contribution in [-0.4, -0.2) is 46.4 Å². The zero-order chi connectivity index (χ0) is 25.3. The molecule has 2 heterocycles. The zero-order valence-electron chi connectivity index (χ0n) is 20.8. The highest BCUT2D eigenvalue weighted by Crippen LogP contribution is 2.19. The summed E-state index contributed by atoms with van der Waals surface area (Å²) in [6, 6.07) is 15.0. The second kappa shape index (κ2) is 13.3. The Morgan fingerprint density at radius 2 is 1.81 bits per heavy atom. The van der Waals surface area contributed by atoms with Crippen molar-refractivity contribution in [3.63, 3.8) is 0 Å². The van der Waals surface area contributed by atoms with Crippen molar-refractivity contribution in [2.75, 3.05) is 19.6 Å². The fraction of sp³-hybridized carbons (Fsp3) is 0.429. The standard InChI is InChI=1S/C28H34ClFN4OS/c1-21-5-2-3-15-34(21)16-4-14-31-28(35)26-20-36-27(32-26)19-33(17-22-6-10-24(29)11-7-22)18-23-8-12-25(30)13-9-23/h6-13,20-21H,2-5,14-19H2,1H3,(H,31,35). The minimum Gasteiger partial charge on any atom is -0.351 e. The number of halogens is 2. The molecule has 1 N–H and O–H groups in total. The van der Waals surface area contributed by atoms with E-state index in [9.17, 15) is 9.18 Å². The van der Waals surface area contributed by atoms with Gasteiger partial charge in [0.05, 0.1) is 6.54 Å². The van der Waals surface area contributed by atoms with E-state index in [1.165, 1.54) is 42.7 Å². The van der Waals surface area contributed by atoms with Crippen molar-refractivity contribution in [2.24, 2.45) is 0 Å². The third-order valence-electron chi connectivity index (χ3n) is 6.63. The number of nitrogens with one attached hydrogen (secondary N) is 1. The molecule has 0 aliphatic carbocycles. The van der Waals surface area contributed by atoms with Crippen LogP contribution in [0.5, 0.6) is 0 Å². The quantitative estimate of drug-likeness (QED) is 0.304. The van der Waals surface area contributed by atoms with Crippen molar-refractivity contribution in [1.29, 1.82) is 0 Å². The minimum absolute atomic E-state index is 0.119. The van der Waals surface area contributed by atoms with Crippen molar-refractivity contribution in [3.8, 4) is 0 Å². The molecule has 36 heavy (non-hydrogen) atoms. The molecule has 4 rings (SSSR count). The summed E-state index contributed by atoms with van der Waals surface area (Å²) in [4.78, 5) is 22.0. The lowest BCUT2D eigenvalue weighted by molar-refractivity contribution is 0.0944. The largest absolute Gasteiger partial charge is 0.351 e. The van der Waals surface area contributed by atoms with Crippen LogP contribution in [0.15, 0.2) is 53.9 Å². The Kier molecular flexibility index (Phi) is 9.87. The lowest BCUT2D eigenvalue weighted by Gasteiger charge is -2.33. The minimum atomic E-state index is -0.246. The number of carbonyl (C=O) groups excluding carboxylic acids is 1. The van der Waals surface area contributed by atoms with Gasteiger partial charge in [0.1, 0.15) is 16.5 Å². The molecule has 8 heteroatoms. The number of benzene rings is 2. The molecule has 1 aliphatic heterocycles. The van der Waals surface area contributed by atoms with E-state index >= 15 is 0 Å². The first-order valence-electron chi connectivity index (χ1n) is 12.6. The SMILES string of the molecule is CC1CCCCN1CCCNC(=O)c1csc(CN(Cc2ccc(F)cc2)Cc2ccc(Cl)cc2)n1. The van der Waals surface area contributed by atoms with Crippen LogP contribution < -0.4 is 5.32 Å². The lowest BCUT2D eigenvalue weighted by Crippen LogP contribution is -2.39. The highest BCUT2D eigenvalue weighted by molar-refractivity contribution is 7.09. The Morgan fingerprint density at radius 1 is 1.11 bits per heavy atom. The van der Waals surface area contributed by atoms with Crippen molar-refractivity contribution in [3.05, 3.63) is 86.6 Å². The van der Waals surface area contributed by atoms with Crippen LogP contribution in [0.4, 0.5) is 4.39 Å². The number of likely N-dealkylation sites (tertiary alicyclic amines) is 1. The second-order valence-electron chi connectivity index (χ2n) is 9.51. The van der Waals surface area contributed by atoms with Gasteiger partial charge in [-0.1, -0.05) is 42.3 Å². The molecule has 1 aliphatic rings. The number of nitrogens with zero attached hydrogens (tertiary/aromatic N) is 3. The smallest absolute Gasteiger partial charge is 0.270 e. The summed E-state index contributed by atoms with van der Waals surface area (Å²) in [6.45, 7) is 7.04. The van der Waals surface area contributed by atoms with Crippen molar-refractivity contribution < 1.29 is 9.18 Å². The molecular formula is C28H34ClFN4OS. The topological polar surface area (TPSA) is 48.5 Å². The number of piperidine rings is 1. The molecule has 0 bridgehead atoms. The molecule has 0 radical (unpaired) electrons. The number of amides is 1. The third kappa shape index (κ3) is 8.10. The molecule has 0 saturated carbocycles. The van der Waals surface area contributed by atoms with E-state index in [0.29, 0.717) is 42.9 Å². The fourth-order valence-electron chi connectivity index (χ4n) is 4.61. The second-order valence-corrected chi connectivity index (χ2v) is 10.9. The Morgan fingerprint density at radius 3 is 2.50 bits per heavy atom. The molecule has 0 spiro atoms. The van der Waals surface area contributed by atoms with E-state index in [2.05, 4.69) is 27.0 Å². The highest BCUT2D eigenvalue weighted by atomic mass is 35.5. The van der Waals surface area contributed by atoms with E-state index in [1.807, 2.05) is 29.6 Å². The van der Waals surface area contributed by atoms with Crippen molar-refractivity contribution in [2.45, 2.75) is 58.3 Å². The van der Waals surface area contributed by atoms with Crippen LogP contribution in [0.25, 0.3) is 0 Å². The highest BCUT2D eigenvalue weighted by Gasteiger charge is 2.18. The van der Waals surface area contributed by atoms with Crippen molar-refractivity contribution >= 4 is 28.8 Å². The van der Waals surface area contributed by atoms with Crippen LogP contribution in [0, 0.1) is 5.82 Å². The average Bonchev–Trinajstić information content (AvgIpc) is 3.34. The van der Waals surface area contributed by atoms with Gasteiger partial charge in [0.15, 0.2) is 0 Å². The Labute approximate surface area is 222 Å². The van der Waals surface area contributed by atoms with Crippen LogP contribution in [0.1, 0.15) is 59.2 Å². The van der Waals surface area contributed by atoms with Gasteiger partial charge in [-0.2, -0.15) is 0 Å². The van der Waals surface area contributed by atoms with Gasteiger partial charge in [-0.05, 0) is 68.1 Å². The van der Waals surface area contributed by atoms with E-state index < -0.39 is 0 Å². The summed E-state index contributed by atoms with van der Waals surface area (Å²) in [5, 5.41) is 6.43. The normalized spacial score (nSPS) is 16.4. The van der Waals surface area contributed by atoms with Gasteiger partial charge in [-0.3, -0.25) is 9.69 Å². The molecule has 5 nitrogen and oxygen atoms in total. The summed E-state index contributed by atoms with van der Waals surface area (Å²) in [5.74, 6) is -0.365. The summed E-state index contributed by atoms with van der Waals surface area (Å²) >= 11 is 7.54. The first kappa shape index (κ1) is 26.7. The molecule has 1 atom stereocenters. The van der Waals surface area contributed by atoms with Gasteiger partial charge in [-0.15, -0.1) is 11.3 Å². The molecular weight excluding hydrogens is 495 g/mol. The Balaban J connectivity index is 1.32. The summed E-state index contributed by atoms with van der Waals surface area (Å²) in [6.07, 6.45) is 4.81. The maximum Gasteiger partial charge on any atom is 0.270 e. The van der Waals surface area contributed by atoms with E-state index in [1.54, 1.807) is 12.1 Å². The first-order chi connectivity index (χ1) is 17.5. The molecule has 1 saturated heterocycles. The predicted octanol–water partition coefficient (Wildman–Crippen LogP) is 6.13. The maximum absolute atomic E-state index is 13.4. The van der Waals surface area contributed by atoms with E-state index in [4.69, 9.17) is 11.6 Å². The number of hydrogen-bond donors (Lipinski definition) is 1. The molecule has 192 valence electrons. The number of carbonyl (C=O) groups is 1. The summed E-state index contributed by atoms with van der Waals surface area (Å²) < 4.78 is 13.4. The predicted molar refractivity (Wildman–Crippen MR) is 145 cm³/mol. The monoisotopic (exact) mass is 528 g/mol. The number of aromatic nitrogens is 1. The zero-order valence-corrected chi connectivity index (χ0v) is 22.3. The summed E-state index contributed by atoms with van der Waals surface area (Å²) in [5.41, 5.74) is 2.61. The number of rotatable bonds is 11. The molecule has 1 unspecified atom stereocenters. The van der Waals surface area contributed by atoms with Gasteiger partial charge in [0.25, 0.3) is 5.91 Å². The van der Waals surface area contributed by atoms with Crippen LogP contribution in [-0.2, 0) is 19.6 Å². The molecule has 1 amide bonds. The molecule has 2 aromatic carbocycles. The maximum atomic E-state index is 13.4. The Bertz CT molecular complexity index is 1060. The number of thiazole rings is 1. The van der Waals surface area contributed by atoms with Gasteiger partial charge in [0.2, 0.25) is 0 Å². The molecule has 1 fully saturated rings. The average molecular weight is 529 g/mol. The lowest BCUT2D eigenvalue weighted by atomic mass is 10.0. The number of hydrogen-bond acceptors (Lipinski definition) is 5. The van der Waals surface area contributed by atoms with Crippen LogP contribution >= 0.6 is 22.9 Å². The first-order valence-corrected chi connectivity index (χ1v) is 13.9. The van der Waals surface area contributed by atoms with Crippen LogP contribution in [0.2, 0.25) is 5.02 Å². The van der Waals surface area contributed by atoms with Gasteiger partial charge in [0, 0.05) is 42.6 Å². The Hall–Kier alpha value is -2.32. The van der Waals surface area contributed by atoms with E-state index in [-0.39, 0.29) is 11.7 Å². The van der Waals surface area contributed by atoms with Gasteiger partial charge in [-0.25, -0.2) is 9.37 Å².